The van der Waals surface area contributed by atoms with Crippen molar-refractivity contribution in [2.75, 3.05) is 0 Å². The van der Waals surface area contributed by atoms with E-state index < -0.39 is 6.04 Å². The Kier molecular flexibility index (Phi) is 3.98. The first-order chi connectivity index (χ1) is 8.56. The monoisotopic (exact) mass is 268 g/mol. The van der Waals surface area contributed by atoms with Crippen LogP contribution in [0.2, 0.25) is 0 Å². The number of carbonyl (C=O) groups excluding carboxylic acids is 2. The van der Waals surface area contributed by atoms with Gasteiger partial charge in [-0.3, -0.25) is 9.59 Å². The molecule has 2 rings (SSSR count). The van der Waals surface area contributed by atoms with Crippen LogP contribution in [0.15, 0.2) is 17.5 Å². The van der Waals surface area contributed by atoms with Gasteiger partial charge in [0.25, 0.3) is 5.91 Å². The molecule has 2 amide bonds. The molecule has 98 valence electrons. The second kappa shape index (κ2) is 5.49. The van der Waals surface area contributed by atoms with Gasteiger partial charge in [-0.05, 0) is 31.2 Å². The maximum absolute atomic E-state index is 11.8. The van der Waals surface area contributed by atoms with Gasteiger partial charge in [-0.1, -0.05) is 6.07 Å². The number of hydrogen-bond acceptors (Lipinski definition) is 4. The van der Waals surface area contributed by atoms with E-state index in [1.807, 2.05) is 5.38 Å². The lowest BCUT2D eigenvalue weighted by Crippen LogP contribution is -2.52. The molecule has 5 nitrogen and oxygen atoms in total. The Bertz CT molecular complexity index is 427. The van der Waals surface area contributed by atoms with Crippen LogP contribution in [-0.4, -0.2) is 35.1 Å². The summed E-state index contributed by atoms with van der Waals surface area (Å²) in [6, 6.07) is 2.97. The van der Waals surface area contributed by atoms with Gasteiger partial charge >= 0.3 is 0 Å². The molecular formula is C12H16N2O3S. The molecule has 18 heavy (non-hydrogen) atoms. The lowest BCUT2D eigenvalue weighted by Gasteiger charge is -2.32. The van der Waals surface area contributed by atoms with Crippen LogP contribution in [0.5, 0.6) is 0 Å². The minimum atomic E-state index is -0.572. The van der Waals surface area contributed by atoms with Crippen molar-refractivity contribution < 1.29 is 14.7 Å². The molecule has 0 aromatic carbocycles. The minimum absolute atomic E-state index is 0.0357. The lowest BCUT2D eigenvalue weighted by atomic mass is 9.89. The molecule has 1 aromatic heterocycles. The third-order valence-corrected chi connectivity index (χ3v) is 3.81. The molecule has 1 aliphatic rings. The van der Waals surface area contributed by atoms with Gasteiger partial charge in [-0.2, -0.15) is 0 Å². The Morgan fingerprint density at radius 1 is 1.50 bits per heavy atom. The Balaban J connectivity index is 1.78. The van der Waals surface area contributed by atoms with Gasteiger partial charge in [0.15, 0.2) is 0 Å². The first kappa shape index (κ1) is 13.0. The minimum Gasteiger partial charge on any atom is -0.393 e. The maximum Gasteiger partial charge on any atom is 0.261 e. The second-order valence-electron chi connectivity index (χ2n) is 4.50. The van der Waals surface area contributed by atoms with E-state index in [0.717, 1.165) is 0 Å². The molecule has 1 unspecified atom stereocenters. The highest BCUT2D eigenvalue weighted by Crippen LogP contribution is 2.19. The van der Waals surface area contributed by atoms with Crippen LogP contribution in [0.3, 0.4) is 0 Å². The van der Waals surface area contributed by atoms with Crippen LogP contribution in [-0.2, 0) is 4.79 Å². The standard InChI is InChI=1S/C12H16N2O3S/c1-7(11(16)14-8-5-9(15)6-8)13-12(17)10-3-2-4-18-10/h2-4,7-9,15H,5-6H2,1H3,(H,13,17)(H,14,16). The summed E-state index contributed by atoms with van der Waals surface area (Å²) >= 11 is 1.34. The van der Waals surface area contributed by atoms with Gasteiger partial charge in [-0.25, -0.2) is 0 Å². The van der Waals surface area contributed by atoms with Crippen LogP contribution in [0.25, 0.3) is 0 Å². The zero-order chi connectivity index (χ0) is 13.1. The van der Waals surface area contributed by atoms with Crippen molar-refractivity contribution in [3.8, 4) is 0 Å². The fraction of sp³-hybridized carbons (Fsp3) is 0.500. The van der Waals surface area contributed by atoms with Crippen molar-refractivity contribution >= 4 is 23.2 Å². The van der Waals surface area contributed by atoms with Gasteiger partial charge in [0.2, 0.25) is 5.91 Å². The zero-order valence-electron chi connectivity index (χ0n) is 10.1. The average molecular weight is 268 g/mol. The third kappa shape index (κ3) is 3.08. The summed E-state index contributed by atoms with van der Waals surface area (Å²) in [5, 5.41) is 16.4. The van der Waals surface area contributed by atoms with E-state index in [1.165, 1.54) is 11.3 Å². The number of thiophene rings is 1. The quantitative estimate of drug-likeness (QED) is 0.744. The normalized spacial score (nSPS) is 23.9. The summed E-state index contributed by atoms with van der Waals surface area (Å²) in [6.07, 6.45) is 0.889. The molecule has 0 spiro atoms. The maximum atomic E-state index is 11.8. The molecule has 1 aromatic rings. The summed E-state index contributed by atoms with van der Waals surface area (Å²) in [5.41, 5.74) is 0. The second-order valence-corrected chi connectivity index (χ2v) is 5.45. The van der Waals surface area contributed by atoms with Gasteiger partial charge in [-0.15, -0.1) is 11.3 Å². The third-order valence-electron chi connectivity index (χ3n) is 2.95. The molecule has 0 saturated heterocycles. The summed E-state index contributed by atoms with van der Waals surface area (Å²) in [4.78, 5) is 24.1. The molecule has 6 heteroatoms. The van der Waals surface area contributed by atoms with Crippen molar-refractivity contribution in [3.05, 3.63) is 22.4 Å². The van der Waals surface area contributed by atoms with Crippen LogP contribution in [0, 0.1) is 0 Å². The fourth-order valence-corrected chi connectivity index (χ4v) is 2.40. The van der Waals surface area contributed by atoms with Crippen LogP contribution < -0.4 is 10.6 Å². The number of hydrogen-bond donors (Lipinski definition) is 3. The van der Waals surface area contributed by atoms with Gasteiger partial charge in [0, 0.05) is 6.04 Å². The molecule has 3 N–H and O–H groups in total. The van der Waals surface area contributed by atoms with Crippen molar-refractivity contribution in [1.29, 1.82) is 0 Å². The zero-order valence-corrected chi connectivity index (χ0v) is 10.9. The number of aliphatic hydroxyl groups is 1. The average Bonchev–Trinajstić information content (AvgIpc) is 2.80. The number of amides is 2. The number of carbonyl (C=O) groups is 2. The molecule has 0 bridgehead atoms. The van der Waals surface area contributed by atoms with E-state index in [2.05, 4.69) is 10.6 Å². The molecule has 1 fully saturated rings. The SMILES string of the molecule is CC(NC(=O)c1cccs1)C(=O)NC1CC(O)C1. The molecule has 0 aliphatic heterocycles. The summed E-state index contributed by atoms with van der Waals surface area (Å²) < 4.78 is 0. The predicted octanol–water partition coefficient (Wildman–Crippen LogP) is 0.506. The van der Waals surface area contributed by atoms with Gasteiger partial charge < -0.3 is 15.7 Å². The van der Waals surface area contributed by atoms with Gasteiger partial charge in [0.1, 0.15) is 6.04 Å². The molecule has 1 heterocycles. The molecule has 0 radical (unpaired) electrons. The van der Waals surface area contributed by atoms with E-state index in [1.54, 1.807) is 19.1 Å². The van der Waals surface area contributed by atoms with E-state index in [4.69, 9.17) is 5.11 Å². The highest BCUT2D eigenvalue weighted by Gasteiger charge is 2.29. The highest BCUT2D eigenvalue weighted by molar-refractivity contribution is 7.12. The Hall–Kier alpha value is -1.40. The first-order valence-corrected chi connectivity index (χ1v) is 6.77. The van der Waals surface area contributed by atoms with E-state index in [-0.39, 0.29) is 24.0 Å². The largest absolute Gasteiger partial charge is 0.393 e. The number of nitrogens with one attached hydrogen (secondary N) is 2. The Labute approximate surface area is 109 Å². The van der Waals surface area contributed by atoms with Crippen LogP contribution in [0.1, 0.15) is 29.4 Å². The molecule has 1 atom stereocenters. The van der Waals surface area contributed by atoms with Crippen molar-refractivity contribution in [2.45, 2.75) is 38.0 Å². The van der Waals surface area contributed by atoms with Crippen LogP contribution in [0.4, 0.5) is 0 Å². The number of rotatable bonds is 4. The fourth-order valence-electron chi connectivity index (χ4n) is 1.77. The number of aliphatic hydroxyl groups excluding tert-OH is 1. The molecule has 1 saturated carbocycles. The summed E-state index contributed by atoms with van der Waals surface area (Å²) in [5.74, 6) is -0.446. The van der Waals surface area contributed by atoms with E-state index in [0.29, 0.717) is 17.7 Å². The van der Waals surface area contributed by atoms with Gasteiger partial charge in [0.05, 0.1) is 11.0 Å². The predicted molar refractivity (Wildman–Crippen MR) is 68.4 cm³/mol. The topological polar surface area (TPSA) is 78.4 Å². The van der Waals surface area contributed by atoms with Crippen LogP contribution >= 0.6 is 11.3 Å². The van der Waals surface area contributed by atoms with E-state index >= 15 is 0 Å². The molecular weight excluding hydrogens is 252 g/mol. The van der Waals surface area contributed by atoms with E-state index in [9.17, 15) is 9.59 Å². The molecule has 1 aliphatic carbocycles. The first-order valence-electron chi connectivity index (χ1n) is 5.89. The smallest absolute Gasteiger partial charge is 0.261 e. The van der Waals surface area contributed by atoms with Crippen molar-refractivity contribution in [3.63, 3.8) is 0 Å². The summed E-state index contributed by atoms with van der Waals surface area (Å²) in [7, 11) is 0. The Morgan fingerprint density at radius 3 is 2.78 bits per heavy atom. The Morgan fingerprint density at radius 2 is 2.22 bits per heavy atom. The lowest BCUT2D eigenvalue weighted by molar-refractivity contribution is -0.124. The highest BCUT2D eigenvalue weighted by atomic mass is 32.1. The van der Waals surface area contributed by atoms with Crippen molar-refractivity contribution in [2.24, 2.45) is 0 Å². The summed E-state index contributed by atoms with van der Waals surface area (Å²) in [6.45, 7) is 1.65. The van der Waals surface area contributed by atoms with Crippen molar-refractivity contribution in [1.82, 2.24) is 10.6 Å².